The average Bonchev–Trinajstić information content (AvgIpc) is 2.54. The number of carbonyl (C=O) groups is 1. The van der Waals surface area contributed by atoms with E-state index in [0.717, 1.165) is 22.9 Å². The molecule has 0 heterocycles. The molecule has 0 bridgehead atoms. The molecule has 0 saturated heterocycles. The van der Waals surface area contributed by atoms with Crippen molar-refractivity contribution in [3.63, 3.8) is 0 Å². The van der Waals surface area contributed by atoms with Crippen LogP contribution in [0.5, 0.6) is 0 Å². The van der Waals surface area contributed by atoms with Gasteiger partial charge in [0, 0.05) is 6.26 Å². The van der Waals surface area contributed by atoms with Crippen molar-refractivity contribution in [3.8, 4) is 0 Å². The van der Waals surface area contributed by atoms with Crippen molar-refractivity contribution in [2.24, 2.45) is 5.73 Å². The van der Waals surface area contributed by atoms with Gasteiger partial charge < -0.3 is 11.1 Å². The largest absolute Gasteiger partial charge is 0.348 e. The monoisotopic (exact) mass is 382 g/mol. The van der Waals surface area contributed by atoms with Gasteiger partial charge in [-0.05, 0) is 37.1 Å². The summed E-state index contributed by atoms with van der Waals surface area (Å²) >= 11 is 0. The standard InChI is InChI=1S/C18H22N2O3S.ClH/c1-12-4-6-15(7-5-12)17(19)18(21)20-13(2)14-8-10-16(11-9-14)24(3,22)23;/h4-11,13,17H,19H2,1-3H3,(H,20,21);1H. The molecule has 0 aliphatic heterocycles. The van der Waals surface area contributed by atoms with Gasteiger partial charge in [-0.2, -0.15) is 0 Å². The smallest absolute Gasteiger partial charge is 0.241 e. The summed E-state index contributed by atoms with van der Waals surface area (Å²) in [6.45, 7) is 3.80. The van der Waals surface area contributed by atoms with E-state index in [1.54, 1.807) is 12.1 Å². The molecule has 2 rings (SSSR count). The number of hydrogen-bond acceptors (Lipinski definition) is 4. The highest BCUT2D eigenvalue weighted by Gasteiger charge is 2.18. The lowest BCUT2D eigenvalue weighted by molar-refractivity contribution is -0.123. The number of amides is 1. The van der Waals surface area contributed by atoms with E-state index in [4.69, 9.17) is 5.73 Å². The first kappa shape index (κ1) is 21.2. The number of aryl methyl sites for hydroxylation is 1. The third kappa shape index (κ3) is 5.56. The first-order chi connectivity index (χ1) is 11.2. The number of halogens is 1. The van der Waals surface area contributed by atoms with Gasteiger partial charge in [0.2, 0.25) is 5.91 Å². The lowest BCUT2D eigenvalue weighted by atomic mass is 10.0. The molecule has 0 spiro atoms. The lowest BCUT2D eigenvalue weighted by Gasteiger charge is -2.18. The van der Waals surface area contributed by atoms with Gasteiger partial charge >= 0.3 is 0 Å². The third-order valence-corrected chi connectivity index (χ3v) is 5.01. The van der Waals surface area contributed by atoms with Gasteiger partial charge in [0.1, 0.15) is 6.04 Å². The van der Waals surface area contributed by atoms with Crippen LogP contribution in [0.25, 0.3) is 0 Å². The van der Waals surface area contributed by atoms with Crippen LogP contribution in [0.15, 0.2) is 53.4 Å². The van der Waals surface area contributed by atoms with Gasteiger partial charge in [-0.3, -0.25) is 4.79 Å². The highest BCUT2D eigenvalue weighted by Crippen LogP contribution is 2.18. The van der Waals surface area contributed by atoms with Crippen molar-refractivity contribution in [2.75, 3.05) is 6.26 Å². The minimum Gasteiger partial charge on any atom is -0.348 e. The molecule has 3 N–H and O–H groups in total. The number of nitrogens with two attached hydrogens (primary N) is 1. The molecule has 0 fully saturated rings. The second kappa shape index (κ2) is 8.47. The fraction of sp³-hybridized carbons (Fsp3) is 0.278. The fourth-order valence-electron chi connectivity index (χ4n) is 2.32. The SMILES string of the molecule is Cc1ccc(C(N)C(=O)NC(C)c2ccc(S(C)(=O)=O)cc2)cc1.Cl. The zero-order valence-electron chi connectivity index (χ0n) is 14.4. The summed E-state index contributed by atoms with van der Waals surface area (Å²) in [6.07, 6.45) is 1.16. The van der Waals surface area contributed by atoms with Crippen molar-refractivity contribution < 1.29 is 13.2 Å². The number of sulfone groups is 1. The van der Waals surface area contributed by atoms with Gasteiger partial charge in [0.15, 0.2) is 9.84 Å². The Morgan fingerprint density at radius 3 is 1.96 bits per heavy atom. The maximum atomic E-state index is 12.3. The van der Waals surface area contributed by atoms with Gasteiger partial charge in [-0.25, -0.2) is 8.42 Å². The van der Waals surface area contributed by atoms with E-state index in [2.05, 4.69) is 5.32 Å². The van der Waals surface area contributed by atoms with E-state index in [1.165, 1.54) is 12.1 Å². The van der Waals surface area contributed by atoms with E-state index in [-0.39, 0.29) is 29.3 Å². The molecule has 0 aromatic heterocycles. The third-order valence-electron chi connectivity index (χ3n) is 3.89. The molecule has 2 aromatic carbocycles. The molecular weight excluding hydrogens is 360 g/mol. The van der Waals surface area contributed by atoms with Crippen LogP contribution in [0.2, 0.25) is 0 Å². The molecule has 0 saturated carbocycles. The van der Waals surface area contributed by atoms with Crippen LogP contribution in [0.4, 0.5) is 0 Å². The summed E-state index contributed by atoms with van der Waals surface area (Å²) in [5.74, 6) is -0.279. The topological polar surface area (TPSA) is 89.3 Å². The van der Waals surface area contributed by atoms with Gasteiger partial charge in [-0.1, -0.05) is 42.0 Å². The van der Waals surface area contributed by atoms with Crippen LogP contribution in [0.3, 0.4) is 0 Å². The van der Waals surface area contributed by atoms with Crippen LogP contribution in [-0.4, -0.2) is 20.6 Å². The molecule has 1 amide bonds. The zero-order valence-corrected chi connectivity index (χ0v) is 16.0. The normalized spacial score (nSPS) is 13.4. The second-order valence-electron chi connectivity index (χ2n) is 5.96. The summed E-state index contributed by atoms with van der Waals surface area (Å²) in [6, 6.07) is 12.9. The maximum absolute atomic E-state index is 12.3. The molecule has 0 aliphatic rings. The van der Waals surface area contributed by atoms with Gasteiger partial charge in [0.05, 0.1) is 10.9 Å². The van der Waals surface area contributed by atoms with Crippen molar-refractivity contribution in [1.82, 2.24) is 5.32 Å². The highest BCUT2D eigenvalue weighted by molar-refractivity contribution is 7.90. The predicted molar refractivity (Wildman–Crippen MR) is 101 cm³/mol. The van der Waals surface area contributed by atoms with E-state index >= 15 is 0 Å². The quantitative estimate of drug-likeness (QED) is 0.831. The first-order valence-corrected chi connectivity index (χ1v) is 9.50. The molecule has 2 atom stereocenters. The van der Waals surface area contributed by atoms with E-state index in [9.17, 15) is 13.2 Å². The Morgan fingerprint density at radius 1 is 1.00 bits per heavy atom. The molecule has 25 heavy (non-hydrogen) atoms. The molecule has 2 unspecified atom stereocenters. The van der Waals surface area contributed by atoms with E-state index in [0.29, 0.717) is 0 Å². The van der Waals surface area contributed by atoms with Gasteiger partial charge in [-0.15, -0.1) is 12.4 Å². The molecule has 0 radical (unpaired) electrons. The zero-order chi connectivity index (χ0) is 17.9. The predicted octanol–water partition coefficient (Wildman–Crippen LogP) is 2.70. The number of rotatable bonds is 5. The Balaban J connectivity index is 0.00000312. The highest BCUT2D eigenvalue weighted by atomic mass is 35.5. The Morgan fingerprint density at radius 2 is 1.48 bits per heavy atom. The summed E-state index contributed by atoms with van der Waals surface area (Å²) < 4.78 is 23.0. The Bertz CT molecular complexity index is 818. The second-order valence-corrected chi connectivity index (χ2v) is 7.98. The summed E-state index contributed by atoms with van der Waals surface area (Å²) in [5.41, 5.74) is 8.67. The minimum absolute atomic E-state index is 0. The molecule has 0 aliphatic carbocycles. The van der Waals surface area contributed by atoms with Crippen molar-refractivity contribution in [2.45, 2.75) is 30.8 Å². The minimum atomic E-state index is -3.23. The molecule has 2 aromatic rings. The average molecular weight is 383 g/mol. The van der Waals surface area contributed by atoms with Crippen LogP contribution in [0, 0.1) is 6.92 Å². The summed E-state index contributed by atoms with van der Waals surface area (Å²) in [5, 5.41) is 2.85. The molecule has 7 heteroatoms. The Labute approximate surface area is 155 Å². The van der Waals surface area contributed by atoms with Crippen molar-refractivity contribution >= 4 is 28.2 Å². The van der Waals surface area contributed by atoms with Crippen LogP contribution >= 0.6 is 12.4 Å². The summed E-state index contributed by atoms with van der Waals surface area (Å²) in [4.78, 5) is 12.6. The summed E-state index contributed by atoms with van der Waals surface area (Å²) in [7, 11) is -3.23. The van der Waals surface area contributed by atoms with Crippen molar-refractivity contribution in [3.05, 3.63) is 65.2 Å². The van der Waals surface area contributed by atoms with Crippen LogP contribution in [-0.2, 0) is 14.6 Å². The molecule has 5 nitrogen and oxygen atoms in total. The van der Waals surface area contributed by atoms with E-state index < -0.39 is 15.9 Å². The van der Waals surface area contributed by atoms with Crippen LogP contribution < -0.4 is 11.1 Å². The number of nitrogens with one attached hydrogen (secondary N) is 1. The van der Waals surface area contributed by atoms with Gasteiger partial charge in [0.25, 0.3) is 0 Å². The number of benzene rings is 2. The maximum Gasteiger partial charge on any atom is 0.241 e. The number of carbonyl (C=O) groups excluding carboxylic acids is 1. The van der Waals surface area contributed by atoms with Crippen LogP contribution in [0.1, 0.15) is 35.7 Å². The Hall–Kier alpha value is -1.89. The molecule has 136 valence electrons. The lowest BCUT2D eigenvalue weighted by Crippen LogP contribution is -2.35. The van der Waals surface area contributed by atoms with Crippen molar-refractivity contribution in [1.29, 1.82) is 0 Å². The number of hydrogen-bond donors (Lipinski definition) is 2. The molecular formula is C18H23ClN2O3S. The van der Waals surface area contributed by atoms with E-state index in [1.807, 2.05) is 38.1 Å². The Kier molecular flexibility index (Phi) is 7.17. The fourth-order valence-corrected chi connectivity index (χ4v) is 2.95. The first-order valence-electron chi connectivity index (χ1n) is 7.61.